The van der Waals surface area contributed by atoms with Crippen LogP contribution in [0.5, 0.6) is 0 Å². The van der Waals surface area contributed by atoms with Crippen LogP contribution < -0.4 is 16.2 Å². The number of benzene rings is 2. The summed E-state index contributed by atoms with van der Waals surface area (Å²) in [6, 6.07) is 23.2. The highest BCUT2D eigenvalue weighted by Crippen LogP contribution is 2.30. The van der Waals surface area contributed by atoms with Gasteiger partial charge < -0.3 is 0 Å². The van der Waals surface area contributed by atoms with Crippen molar-refractivity contribution in [2.75, 3.05) is 0 Å². The van der Waals surface area contributed by atoms with Crippen LogP contribution in [0.1, 0.15) is 25.5 Å². The fourth-order valence-electron chi connectivity index (χ4n) is 2.52. The molecule has 1 heterocycles. The lowest BCUT2D eigenvalue weighted by Crippen LogP contribution is -2.25. The van der Waals surface area contributed by atoms with Gasteiger partial charge in [0, 0.05) is 19.8 Å². The van der Waals surface area contributed by atoms with Crippen molar-refractivity contribution < 1.29 is 0 Å². The van der Waals surface area contributed by atoms with Gasteiger partial charge in [-0.25, -0.2) is 9.97 Å². The molecule has 0 aliphatic rings. The Balaban J connectivity index is 2.02. The van der Waals surface area contributed by atoms with Crippen molar-refractivity contribution >= 4 is 24.1 Å². The van der Waals surface area contributed by atoms with Gasteiger partial charge in [0.05, 0.1) is 0 Å². The molecule has 2 nitrogen and oxygen atoms in total. The average Bonchev–Trinajstić information content (AvgIpc) is 2.62. The minimum absolute atomic E-state index is 0.699. The molecule has 0 bridgehead atoms. The second kappa shape index (κ2) is 7.99. The van der Waals surface area contributed by atoms with E-state index in [1.807, 2.05) is 12.3 Å². The van der Waals surface area contributed by atoms with Crippen LogP contribution in [0.25, 0.3) is 0 Å². The van der Waals surface area contributed by atoms with E-state index in [0.29, 0.717) is 0 Å². The van der Waals surface area contributed by atoms with Gasteiger partial charge in [0.15, 0.2) is 5.57 Å². The standard InChI is InChI=1S/C20H21N2P/c1-2-3-10-17-15-16-21-20(22-17)23(18-11-6-4-7-12-18)19-13-8-5-9-14-19/h4-9,11-16H,2-3,10H2,1H3. The lowest BCUT2D eigenvalue weighted by atomic mass is 10.2. The lowest BCUT2D eigenvalue weighted by Gasteiger charge is -2.17. The van der Waals surface area contributed by atoms with Crippen molar-refractivity contribution in [2.45, 2.75) is 26.2 Å². The Morgan fingerprint density at radius 3 is 2.00 bits per heavy atom. The van der Waals surface area contributed by atoms with Crippen LogP contribution in [-0.4, -0.2) is 9.97 Å². The molecule has 0 unspecified atom stereocenters. The number of unbranched alkanes of at least 4 members (excludes halogenated alkanes) is 1. The zero-order chi connectivity index (χ0) is 15.9. The smallest absolute Gasteiger partial charge is 0.159 e. The molecule has 0 radical (unpaired) electrons. The zero-order valence-corrected chi connectivity index (χ0v) is 14.3. The SMILES string of the molecule is CCCCc1ccnc(P(c2ccccc2)c2ccccc2)n1. The molecule has 1 aromatic heterocycles. The molecule has 0 fully saturated rings. The molecule has 0 aliphatic heterocycles. The Kier molecular flexibility index (Phi) is 5.50. The van der Waals surface area contributed by atoms with E-state index in [1.165, 1.54) is 23.5 Å². The van der Waals surface area contributed by atoms with Crippen LogP contribution >= 0.6 is 7.92 Å². The van der Waals surface area contributed by atoms with Crippen molar-refractivity contribution in [1.29, 1.82) is 0 Å². The summed E-state index contributed by atoms with van der Waals surface area (Å²) >= 11 is 0. The third kappa shape index (κ3) is 4.03. The molecule has 0 aliphatic carbocycles. The highest BCUT2D eigenvalue weighted by atomic mass is 31.1. The lowest BCUT2D eigenvalue weighted by molar-refractivity contribution is 0.776. The van der Waals surface area contributed by atoms with E-state index < -0.39 is 7.92 Å². The van der Waals surface area contributed by atoms with Crippen LogP contribution in [0, 0.1) is 0 Å². The molecule has 3 rings (SSSR count). The molecule has 0 saturated carbocycles. The minimum Gasteiger partial charge on any atom is -0.236 e. The van der Waals surface area contributed by atoms with Crippen LogP contribution in [0.4, 0.5) is 0 Å². The van der Waals surface area contributed by atoms with Crippen molar-refractivity contribution in [3.05, 3.63) is 78.6 Å². The fourth-order valence-corrected chi connectivity index (χ4v) is 4.63. The van der Waals surface area contributed by atoms with Gasteiger partial charge in [-0.05, 0) is 29.5 Å². The van der Waals surface area contributed by atoms with E-state index in [0.717, 1.165) is 17.7 Å². The molecule has 0 saturated heterocycles. The third-order valence-electron chi connectivity index (χ3n) is 3.72. The van der Waals surface area contributed by atoms with E-state index in [4.69, 9.17) is 4.98 Å². The van der Waals surface area contributed by atoms with Gasteiger partial charge in [-0.3, -0.25) is 0 Å². The van der Waals surface area contributed by atoms with E-state index in [2.05, 4.69) is 72.6 Å². The van der Waals surface area contributed by atoms with Gasteiger partial charge in [0.2, 0.25) is 0 Å². The summed E-state index contributed by atoms with van der Waals surface area (Å²) in [5.41, 5.74) is 2.10. The Labute approximate surface area is 139 Å². The summed E-state index contributed by atoms with van der Waals surface area (Å²) in [6.07, 6.45) is 5.30. The quantitative estimate of drug-likeness (QED) is 0.649. The first-order valence-corrected chi connectivity index (χ1v) is 9.45. The van der Waals surface area contributed by atoms with Crippen LogP contribution in [0.2, 0.25) is 0 Å². The maximum atomic E-state index is 4.88. The number of aryl methyl sites for hydroxylation is 1. The average molecular weight is 320 g/mol. The highest BCUT2D eigenvalue weighted by Gasteiger charge is 2.19. The van der Waals surface area contributed by atoms with Crippen LogP contribution in [0.15, 0.2) is 72.9 Å². The maximum absolute atomic E-state index is 4.88. The largest absolute Gasteiger partial charge is 0.236 e. The Morgan fingerprint density at radius 1 is 0.826 bits per heavy atom. The molecule has 116 valence electrons. The summed E-state index contributed by atoms with van der Waals surface area (Å²) in [5, 5.41) is 2.59. The first-order chi connectivity index (χ1) is 11.4. The monoisotopic (exact) mass is 320 g/mol. The molecule has 3 heteroatoms. The number of hydrogen-bond acceptors (Lipinski definition) is 2. The van der Waals surface area contributed by atoms with Crippen molar-refractivity contribution in [2.24, 2.45) is 0 Å². The van der Waals surface area contributed by atoms with Crippen molar-refractivity contribution in [3.63, 3.8) is 0 Å². The summed E-state index contributed by atoms with van der Waals surface area (Å²) in [6.45, 7) is 2.21. The van der Waals surface area contributed by atoms with Crippen molar-refractivity contribution in [1.82, 2.24) is 9.97 Å². The number of nitrogens with zero attached hydrogens (tertiary/aromatic N) is 2. The predicted octanol–water partition coefficient (Wildman–Crippen LogP) is 3.58. The summed E-state index contributed by atoms with van der Waals surface area (Å²) in [5.74, 6) is 0. The molecule has 3 aromatic rings. The van der Waals surface area contributed by atoms with Gasteiger partial charge in [-0.15, -0.1) is 0 Å². The van der Waals surface area contributed by atoms with E-state index in [1.54, 1.807) is 0 Å². The highest BCUT2D eigenvalue weighted by molar-refractivity contribution is 7.79. The first kappa shape index (κ1) is 15.8. The van der Waals surface area contributed by atoms with E-state index in [9.17, 15) is 0 Å². The molecule has 2 aromatic carbocycles. The maximum Gasteiger partial charge on any atom is 0.159 e. The molecule has 23 heavy (non-hydrogen) atoms. The number of hydrogen-bond donors (Lipinski definition) is 0. The third-order valence-corrected chi connectivity index (χ3v) is 5.96. The molecule has 0 amide bonds. The fraction of sp³-hybridized carbons (Fsp3) is 0.200. The molecule has 0 N–H and O–H groups in total. The zero-order valence-electron chi connectivity index (χ0n) is 13.4. The second-order valence-corrected chi connectivity index (χ2v) is 7.56. The summed E-state index contributed by atoms with van der Waals surface area (Å²) in [4.78, 5) is 9.50. The van der Waals surface area contributed by atoms with Crippen LogP contribution in [-0.2, 0) is 6.42 Å². The van der Waals surface area contributed by atoms with E-state index >= 15 is 0 Å². The molecular formula is C20H21N2P. The predicted molar refractivity (Wildman–Crippen MR) is 99.4 cm³/mol. The minimum atomic E-state index is -0.699. The van der Waals surface area contributed by atoms with Gasteiger partial charge in [-0.2, -0.15) is 0 Å². The van der Waals surface area contributed by atoms with Gasteiger partial charge in [0.1, 0.15) is 0 Å². The molecule has 0 spiro atoms. The summed E-state index contributed by atoms with van der Waals surface area (Å²) in [7, 11) is -0.699. The Hall–Kier alpha value is -2.05. The molecular weight excluding hydrogens is 299 g/mol. The molecule has 0 atom stereocenters. The normalized spacial score (nSPS) is 10.9. The number of aromatic nitrogens is 2. The number of rotatable bonds is 6. The first-order valence-electron chi connectivity index (χ1n) is 8.10. The van der Waals surface area contributed by atoms with Crippen molar-refractivity contribution in [3.8, 4) is 0 Å². The Morgan fingerprint density at radius 2 is 1.43 bits per heavy atom. The van der Waals surface area contributed by atoms with Gasteiger partial charge in [0.25, 0.3) is 0 Å². The topological polar surface area (TPSA) is 25.8 Å². The van der Waals surface area contributed by atoms with Crippen LogP contribution in [0.3, 0.4) is 0 Å². The Bertz CT molecular complexity index is 689. The van der Waals surface area contributed by atoms with Gasteiger partial charge >= 0.3 is 0 Å². The summed E-state index contributed by atoms with van der Waals surface area (Å²) < 4.78 is 0. The van der Waals surface area contributed by atoms with Gasteiger partial charge in [-0.1, -0.05) is 74.0 Å². The second-order valence-electron chi connectivity index (χ2n) is 5.46. The van der Waals surface area contributed by atoms with E-state index in [-0.39, 0.29) is 0 Å².